The van der Waals surface area contributed by atoms with Crippen LogP contribution in [0, 0.1) is 26.2 Å². The highest BCUT2D eigenvalue weighted by Gasteiger charge is 2.16. The van der Waals surface area contributed by atoms with Crippen LogP contribution in [-0.4, -0.2) is 18.3 Å². The Balaban J connectivity index is 2.59. The Labute approximate surface area is 111 Å². The number of hydrogen-bond donors (Lipinski definition) is 2. The van der Waals surface area contributed by atoms with Crippen LogP contribution >= 0.6 is 0 Å². The van der Waals surface area contributed by atoms with Crippen LogP contribution in [0.25, 0.3) is 0 Å². The molecule has 0 saturated heterocycles. The minimum atomic E-state index is 0.154. The van der Waals surface area contributed by atoms with Gasteiger partial charge in [0.25, 0.3) is 0 Å². The van der Waals surface area contributed by atoms with Crippen molar-refractivity contribution in [3.05, 3.63) is 34.4 Å². The van der Waals surface area contributed by atoms with E-state index in [1.807, 2.05) is 0 Å². The summed E-state index contributed by atoms with van der Waals surface area (Å²) in [4.78, 5) is 0. The van der Waals surface area contributed by atoms with E-state index in [1.54, 1.807) is 0 Å². The molecule has 0 atom stereocenters. The summed E-state index contributed by atoms with van der Waals surface area (Å²) >= 11 is 0. The first kappa shape index (κ1) is 15.2. The van der Waals surface area contributed by atoms with Crippen LogP contribution in [0.1, 0.15) is 42.5 Å². The van der Waals surface area contributed by atoms with Gasteiger partial charge in [0.2, 0.25) is 0 Å². The molecule has 2 nitrogen and oxygen atoms in total. The van der Waals surface area contributed by atoms with Gasteiger partial charge in [-0.2, -0.15) is 0 Å². The Morgan fingerprint density at radius 1 is 1.11 bits per heavy atom. The number of rotatable bonds is 6. The predicted octanol–water partition coefficient (Wildman–Crippen LogP) is 3.11. The Morgan fingerprint density at radius 2 is 1.67 bits per heavy atom. The van der Waals surface area contributed by atoms with Crippen LogP contribution in [0.2, 0.25) is 0 Å². The lowest BCUT2D eigenvalue weighted by Crippen LogP contribution is -2.30. The maximum atomic E-state index is 9.01. The number of aliphatic hydroxyl groups excluding tert-OH is 1. The third kappa shape index (κ3) is 4.43. The standard InChI is InChI=1S/C16H27NO/c1-12-8-13(2)15(14(3)9-12)10-17-11-16(4,5)6-7-18/h8-9,17-18H,6-7,10-11H2,1-5H3. The van der Waals surface area contributed by atoms with Crippen molar-refractivity contribution in [3.63, 3.8) is 0 Å². The molecule has 0 heterocycles. The molecule has 0 aliphatic carbocycles. The monoisotopic (exact) mass is 249 g/mol. The minimum absolute atomic E-state index is 0.154. The SMILES string of the molecule is Cc1cc(C)c(CNCC(C)(C)CCO)c(C)c1. The van der Waals surface area contributed by atoms with Crippen molar-refractivity contribution >= 4 is 0 Å². The third-order valence-corrected chi connectivity index (χ3v) is 3.53. The van der Waals surface area contributed by atoms with E-state index in [4.69, 9.17) is 5.11 Å². The molecule has 0 saturated carbocycles. The zero-order chi connectivity index (χ0) is 13.8. The molecular weight excluding hydrogens is 222 g/mol. The van der Waals surface area contributed by atoms with Gasteiger partial charge in [-0.05, 0) is 49.3 Å². The quantitative estimate of drug-likeness (QED) is 0.812. The Hall–Kier alpha value is -0.860. The lowest BCUT2D eigenvalue weighted by atomic mass is 9.89. The topological polar surface area (TPSA) is 32.3 Å². The predicted molar refractivity (Wildman–Crippen MR) is 77.8 cm³/mol. The van der Waals surface area contributed by atoms with Crippen molar-refractivity contribution in [1.82, 2.24) is 5.32 Å². The fourth-order valence-corrected chi connectivity index (χ4v) is 2.41. The third-order valence-electron chi connectivity index (χ3n) is 3.53. The first-order valence-corrected chi connectivity index (χ1v) is 6.74. The first-order chi connectivity index (χ1) is 8.35. The van der Waals surface area contributed by atoms with E-state index in [-0.39, 0.29) is 12.0 Å². The summed E-state index contributed by atoms with van der Waals surface area (Å²) in [5, 5.41) is 12.5. The summed E-state index contributed by atoms with van der Waals surface area (Å²) in [5.41, 5.74) is 5.61. The molecule has 0 aromatic heterocycles. The van der Waals surface area contributed by atoms with E-state index in [0.717, 1.165) is 19.5 Å². The number of nitrogens with one attached hydrogen (secondary N) is 1. The van der Waals surface area contributed by atoms with E-state index in [1.165, 1.54) is 22.3 Å². The number of aliphatic hydroxyl groups is 1. The van der Waals surface area contributed by atoms with Gasteiger partial charge in [0.05, 0.1) is 0 Å². The summed E-state index contributed by atoms with van der Waals surface area (Å²) < 4.78 is 0. The molecule has 18 heavy (non-hydrogen) atoms. The Kier molecular flexibility index (Phi) is 5.36. The smallest absolute Gasteiger partial charge is 0.0436 e. The molecule has 0 radical (unpaired) electrons. The van der Waals surface area contributed by atoms with Crippen LogP contribution < -0.4 is 5.32 Å². The van der Waals surface area contributed by atoms with Crippen LogP contribution in [0.3, 0.4) is 0 Å². The Morgan fingerprint density at radius 3 is 2.17 bits per heavy atom. The van der Waals surface area contributed by atoms with Gasteiger partial charge in [0.1, 0.15) is 0 Å². The second-order valence-corrected chi connectivity index (χ2v) is 6.12. The number of benzene rings is 1. The minimum Gasteiger partial charge on any atom is -0.396 e. The largest absolute Gasteiger partial charge is 0.396 e. The summed E-state index contributed by atoms with van der Waals surface area (Å²) in [6, 6.07) is 4.48. The second-order valence-electron chi connectivity index (χ2n) is 6.12. The average molecular weight is 249 g/mol. The molecule has 2 heteroatoms. The highest BCUT2D eigenvalue weighted by atomic mass is 16.3. The van der Waals surface area contributed by atoms with Gasteiger partial charge >= 0.3 is 0 Å². The van der Waals surface area contributed by atoms with Gasteiger partial charge in [0, 0.05) is 19.7 Å². The van der Waals surface area contributed by atoms with Gasteiger partial charge in [-0.3, -0.25) is 0 Å². The second kappa shape index (κ2) is 6.35. The fraction of sp³-hybridized carbons (Fsp3) is 0.625. The highest BCUT2D eigenvalue weighted by Crippen LogP contribution is 2.20. The van der Waals surface area contributed by atoms with Crippen LogP contribution in [0.15, 0.2) is 12.1 Å². The molecule has 0 fully saturated rings. The fourth-order valence-electron chi connectivity index (χ4n) is 2.41. The average Bonchev–Trinajstić information content (AvgIpc) is 2.21. The van der Waals surface area contributed by atoms with Gasteiger partial charge in [-0.15, -0.1) is 0 Å². The van der Waals surface area contributed by atoms with Crippen molar-refractivity contribution < 1.29 is 5.11 Å². The highest BCUT2D eigenvalue weighted by molar-refractivity contribution is 5.37. The summed E-state index contributed by atoms with van der Waals surface area (Å²) in [5.74, 6) is 0. The molecule has 0 amide bonds. The van der Waals surface area contributed by atoms with E-state index in [9.17, 15) is 0 Å². The van der Waals surface area contributed by atoms with Gasteiger partial charge in [-0.1, -0.05) is 31.5 Å². The zero-order valence-corrected chi connectivity index (χ0v) is 12.4. The van der Waals surface area contributed by atoms with E-state index in [0.29, 0.717) is 0 Å². The summed E-state index contributed by atoms with van der Waals surface area (Å²) in [7, 11) is 0. The van der Waals surface area contributed by atoms with Crippen LogP contribution in [-0.2, 0) is 6.54 Å². The lowest BCUT2D eigenvalue weighted by Gasteiger charge is -2.24. The molecule has 1 aromatic carbocycles. The normalized spacial score (nSPS) is 11.9. The molecule has 1 aromatic rings. The summed E-state index contributed by atoms with van der Waals surface area (Å²) in [6.45, 7) is 13.0. The van der Waals surface area contributed by atoms with Crippen molar-refractivity contribution in [2.75, 3.05) is 13.2 Å². The first-order valence-electron chi connectivity index (χ1n) is 6.74. The maximum absolute atomic E-state index is 9.01. The molecule has 0 aliphatic rings. The number of aryl methyl sites for hydroxylation is 3. The molecule has 0 spiro atoms. The van der Waals surface area contributed by atoms with Crippen LogP contribution in [0.4, 0.5) is 0 Å². The van der Waals surface area contributed by atoms with Crippen molar-refractivity contribution in [2.45, 2.75) is 47.6 Å². The zero-order valence-electron chi connectivity index (χ0n) is 12.4. The van der Waals surface area contributed by atoms with Crippen molar-refractivity contribution in [1.29, 1.82) is 0 Å². The van der Waals surface area contributed by atoms with E-state index in [2.05, 4.69) is 52.1 Å². The molecule has 0 bridgehead atoms. The van der Waals surface area contributed by atoms with Gasteiger partial charge in [-0.25, -0.2) is 0 Å². The molecule has 2 N–H and O–H groups in total. The molecule has 102 valence electrons. The molecule has 1 rings (SSSR count). The summed E-state index contributed by atoms with van der Waals surface area (Å²) in [6.07, 6.45) is 0.839. The van der Waals surface area contributed by atoms with Gasteiger partial charge < -0.3 is 10.4 Å². The van der Waals surface area contributed by atoms with Crippen molar-refractivity contribution in [3.8, 4) is 0 Å². The maximum Gasteiger partial charge on any atom is 0.0436 e. The molecular formula is C16H27NO. The van der Waals surface area contributed by atoms with E-state index < -0.39 is 0 Å². The number of hydrogen-bond acceptors (Lipinski definition) is 2. The van der Waals surface area contributed by atoms with E-state index >= 15 is 0 Å². The van der Waals surface area contributed by atoms with Gasteiger partial charge in [0.15, 0.2) is 0 Å². The molecule has 0 aliphatic heterocycles. The Bertz CT molecular complexity index is 373. The molecule has 0 unspecified atom stereocenters. The van der Waals surface area contributed by atoms with Crippen molar-refractivity contribution in [2.24, 2.45) is 5.41 Å². The lowest BCUT2D eigenvalue weighted by molar-refractivity contribution is 0.207. The van der Waals surface area contributed by atoms with Crippen LogP contribution in [0.5, 0.6) is 0 Å².